The molecule has 0 bridgehead atoms. The molecular formula is C17H16N4O. The molecule has 3 rings (SSSR count). The van der Waals surface area contributed by atoms with E-state index in [-0.39, 0.29) is 5.91 Å². The highest BCUT2D eigenvalue weighted by Gasteiger charge is 2.06. The van der Waals surface area contributed by atoms with Crippen LogP contribution < -0.4 is 5.32 Å². The van der Waals surface area contributed by atoms with Crippen LogP contribution in [0.1, 0.15) is 21.5 Å². The predicted octanol–water partition coefficient (Wildman–Crippen LogP) is 2.51. The van der Waals surface area contributed by atoms with Gasteiger partial charge < -0.3 is 5.32 Å². The maximum Gasteiger partial charge on any atom is 0.251 e. The normalized spacial score (nSPS) is 10.4. The maximum absolute atomic E-state index is 12.2. The molecule has 0 radical (unpaired) electrons. The first-order valence-corrected chi connectivity index (χ1v) is 7.01. The molecule has 0 aliphatic heterocycles. The van der Waals surface area contributed by atoms with Gasteiger partial charge in [-0.25, -0.2) is 9.67 Å². The fraction of sp³-hybridized carbons (Fsp3) is 0.118. The number of nitrogens with zero attached hydrogens (tertiary/aromatic N) is 3. The molecule has 0 atom stereocenters. The number of amides is 1. The summed E-state index contributed by atoms with van der Waals surface area (Å²) < 4.78 is 1.65. The van der Waals surface area contributed by atoms with Crippen LogP contribution in [0, 0.1) is 6.92 Å². The molecule has 0 aliphatic rings. The van der Waals surface area contributed by atoms with Crippen LogP contribution in [0.4, 0.5) is 0 Å². The average Bonchev–Trinajstić information content (AvgIpc) is 3.07. The predicted molar refractivity (Wildman–Crippen MR) is 83.7 cm³/mol. The van der Waals surface area contributed by atoms with E-state index in [1.807, 2.05) is 37.3 Å². The van der Waals surface area contributed by atoms with Crippen molar-refractivity contribution in [2.45, 2.75) is 13.5 Å². The van der Waals surface area contributed by atoms with Gasteiger partial charge in [-0.1, -0.05) is 29.8 Å². The van der Waals surface area contributed by atoms with Gasteiger partial charge in [0.05, 0.1) is 5.69 Å². The monoisotopic (exact) mass is 292 g/mol. The molecule has 0 saturated carbocycles. The molecule has 1 heterocycles. The van der Waals surface area contributed by atoms with Gasteiger partial charge in [-0.3, -0.25) is 4.79 Å². The maximum atomic E-state index is 12.2. The molecule has 0 aliphatic carbocycles. The molecule has 5 heteroatoms. The highest BCUT2D eigenvalue weighted by atomic mass is 16.1. The van der Waals surface area contributed by atoms with E-state index in [2.05, 4.69) is 21.5 Å². The van der Waals surface area contributed by atoms with Gasteiger partial charge in [-0.15, -0.1) is 0 Å². The van der Waals surface area contributed by atoms with Crippen molar-refractivity contribution in [3.05, 3.63) is 77.9 Å². The summed E-state index contributed by atoms with van der Waals surface area (Å²) in [5.74, 6) is -0.0911. The summed E-state index contributed by atoms with van der Waals surface area (Å²) in [7, 11) is 0. The Hall–Kier alpha value is -2.95. The molecule has 22 heavy (non-hydrogen) atoms. The molecule has 2 aromatic carbocycles. The molecule has 5 nitrogen and oxygen atoms in total. The van der Waals surface area contributed by atoms with E-state index in [1.54, 1.807) is 23.1 Å². The standard InChI is InChI=1S/C17H16N4O/c1-13-3-2-4-14(9-13)10-19-17(22)15-5-7-16(8-6-15)21-12-18-11-20-21/h2-9,11-12H,10H2,1H3,(H,19,22). The molecule has 0 spiro atoms. The first kappa shape index (κ1) is 14.0. The van der Waals surface area contributed by atoms with E-state index >= 15 is 0 Å². The highest BCUT2D eigenvalue weighted by Crippen LogP contribution is 2.09. The van der Waals surface area contributed by atoms with Crippen LogP contribution in [-0.2, 0) is 6.54 Å². The van der Waals surface area contributed by atoms with Crippen molar-refractivity contribution in [2.24, 2.45) is 0 Å². The SMILES string of the molecule is Cc1cccc(CNC(=O)c2ccc(-n3cncn3)cc2)c1. The van der Waals surface area contributed by atoms with Gasteiger partial charge in [0.2, 0.25) is 0 Å². The molecular weight excluding hydrogens is 276 g/mol. The third-order valence-electron chi connectivity index (χ3n) is 3.35. The van der Waals surface area contributed by atoms with Gasteiger partial charge in [0.25, 0.3) is 5.91 Å². The van der Waals surface area contributed by atoms with Crippen LogP contribution in [0.5, 0.6) is 0 Å². The highest BCUT2D eigenvalue weighted by molar-refractivity contribution is 5.94. The van der Waals surface area contributed by atoms with E-state index in [9.17, 15) is 4.79 Å². The average molecular weight is 292 g/mol. The van der Waals surface area contributed by atoms with Crippen molar-refractivity contribution in [3.63, 3.8) is 0 Å². The Morgan fingerprint density at radius 3 is 2.68 bits per heavy atom. The third-order valence-corrected chi connectivity index (χ3v) is 3.35. The van der Waals surface area contributed by atoms with Gasteiger partial charge in [-0.05, 0) is 36.8 Å². The van der Waals surface area contributed by atoms with Gasteiger partial charge in [0.1, 0.15) is 12.7 Å². The molecule has 0 saturated heterocycles. The summed E-state index contributed by atoms with van der Waals surface area (Å²) >= 11 is 0. The number of nitrogens with one attached hydrogen (secondary N) is 1. The first-order valence-electron chi connectivity index (χ1n) is 7.01. The lowest BCUT2D eigenvalue weighted by Crippen LogP contribution is -2.22. The second kappa shape index (κ2) is 6.22. The number of carbonyl (C=O) groups is 1. The Kier molecular flexibility index (Phi) is 3.96. The third kappa shape index (κ3) is 3.20. The van der Waals surface area contributed by atoms with Crippen molar-refractivity contribution in [3.8, 4) is 5.69 Å². The first-order chi connectivity index (χ1) is 10.7. The fourth-order valence-electron chi connectivity index (χ4n) is 2.21. The van der Waals surface area contributed by atoms with E-state index in [0.29, 0.717) is 12.1 Å². The van der Waals surface area contributed by atoms with Crippen molar-refractivity contribution >= 4 is 5.91 Å². The molecule has 1 N–H and O–H groups in total. The molecule has 0 unspecified atom stereocenters. The number of hydrogen-bond acceptors (Lipinski definition) is 3. The summed E-state index contributed by atoms with van der Waals surface area (Å²) in [6.45, 7) is 2.56. The minimum atomic E-state index is -0.0911. The molecule has 3 aromatic rings. The number of aromatic nitrogens is 3. The topological polar surface area (TPSA) is 59.8 Å². The number of aryl methyl sites for hydroxylation is 1. The van der Waals surface area contributed by atoms with Crippen LogP contribution in [-0.4, -0.2) is 20.7 Å². The second-order valence-electron chi connectivity index (χ2n) is 5.06. The van der Waals surface area contributed by atoms with Crippen molar-refractivity contribution in [1.29, 1.82) is 0 Å². The number of rotatable bonds is 4. The van der Waals surface area contributed by atoms with Gasteiger partial charge in [-0.2, -0.15) is 5.10 Å². The van der Waals surface area contributed by atoms with Crippen LogP contribution in [0.25, 0.3) is 5.69 Å². The smallest absolute Gasteiger partial charge is 0.251 e. The lowest BCUT2D eigenvalue weighted by molar-refractivity contribution is 0.0951. The van der Waals surface area contributed by atoms with E-state index < -0.39 is 0 Å². The molecule has 1 amide bonds. The van der Waals surface area contributed by atoms with Crippen molar-refractivity contribution in [2.75, 3.05) is 0 Å². The Bertz CT molecular complexity index is 764. The lowest BCUT2D eigenvalue weighted by Gasteiger charge is -2.07. The van der Waals surface area contributed by atoms with Crippen LogP contribution in [0.3, 0.4) is 0 Å². The number of hydrogen-bond donors (Lipinski definition) is 1. The van der Waals surface area contributed by atoms with E-state index in [4.69, 9.17) is 0 Å². The van der Waals surface area contributed by atoms with Crippen LogP contribution in [0.2, 0.25) is 0 Å². The largest absolute Gasteiger partial charge is 0.348 e. The Morgan fingerprint density at radius 1 is 1.18 bits per heavy atom. The molecule has 1 aromatic heterocycles. The lowest BCUT2D eigenvalue weighted by atomic mass is 10.1. The summed E-state index contributed by atoms with van der Waals surface area (Å²) in [5.41, 5.74) is 3.76. The van der Waals surface area contributed by atoms with Gasteiger partial charge in [0.15, 0.2) is 0 Å². The molecule has 110 valence electrons. The summed E-state index contributed by atoms with van der Waals surface area (Å²) in [6.07, 6.45) is 3.09. The van der Waals surface area contributed by atoms with E-state index in [1.165, 1.54) is 11.9 Å². The second-order valence-corrected chi connectivity index (χ2v) is 5.06. The van der Waals surface area contributed by atoms with Gasteiger partial charge >= 0.3 is 0 Å². The van der Waals surface area contributed by atoms with E-state index in [0.717, 1.165) is 11.3 Å². The summed E-state index contributed by atoms with van der Waals surface area (Å²) in [6, 6.07) is 15.3. The zero-order valence-electron chi connectivity index (χ0n) is 12.2. The van der Waals surface area contributed by atoms with Crippen molar-refractivity contribution < 1.29 is 4.79 Å². The van der Waals surface area contributed by atoms with Crippen LogP contribution in [0.15, 0.2) is 61.2 Å². The number of benzene rings is 2. The zero-order chi connectivity index (χ0) is 15.4. The zero-order valence-corrected chi connectivity index (χ0v) is 12.2. The minimum absolute atomic E-state index is 0.0911. The Balaban J connectivity index is 1.65. The summed E-state index contributed by atoms with van der Waals surface area (Å²) in [5, 5.41) is 6.97. The van der Waals surface area contributed by atoms with Gasteiger partial charge in [0, 0.05) is 12.1 Å². The minimum Gasteiger partial charge on any atom is -0.348 e. The quantitative estimate of drug-likeness (QED) is 0.803. The molecule has 0 fully saturated rings. The Morgan fingerprint density at radius 2 is 2.00 bits per heavy atom. The number of carbonyl (C=O) groups excluding carboxylic acids is 1. The Labute approximate surface area is 128 Å². The fourth-order valence-corrected chi connectivity index (χ4v) is 2.21. The summed E-state index contributed by atoms with van der Waals surface area (Å²) in [4.78, 5) is 16.1. The van der Waals surface area contributed by atoms with Crippen molar-refractivity contribution in [1.82, 2.24) is 20.1 Å². The van der Waals surface area contributed by atoms with Crippen LogP contribution >= 0.6 is 0 Å².